The number of hydrogen-bond acceptors (Lipinski definition) is 4. The van der Waals surface area contributed by atoms with Crippen molar-refractivity contribution in [1.29, 1.82) is 0 Å². The summed E-state index contributed by atoms with van der Waals surface area (Å²) in [6.45, 7) is 1.75. The number of carbonyl (C=O) groups is 1. The first-order chi connectivity index (χ1) is 9.38. The van der Waals surface area contributed by atoms with Crippen molar-refractivity contribution in [2.24, 2.45) is 7.05 Å². The van der Waals surface area contributed by atoms with Gasteiger partial charge in [-0.25, -0.2) is 0 Å². The van der Waals surface area contributed by atoms with Gasteiger partial charge < -0.3 is 5.32 Å². The molecule has 0 aliphatic heterocycles. The molecule has 0 radical (unpaired) electrons. The van der Waals surface area contributed by atoms with Crippen LogP contribution in [0, 0.1) is 20.6 Å². The van der Waals surface area contributed by atoms with E-state index in [1.807, 2.05) is 22.6 Å². The molecule has 20 heavy (non-hydrogen) atoms. The Morgan fingerprint density at radius 1 is 1.50 bits per heavy atom. The first kappa shape index (κ1) is 14.4. The second-order valence-electron chi connectivity index (χ2n) is 4.23. The van der Waals surface area contributed by atoms with Crippen molar-refractivity contribution in [3.63, 3.8) is 0 Å². The lowest BCUT2D eigenvalue weighted by Crippen LogP contribution is -2.15. The zero-order chi connectivity index (χ0) is 14.9. The molecule has 1 aromatic carbocycles. The van der Waals surface area contributed by atoms with Crippen molar-refractivity contribution < 1.29 is 9.72 Å². The predicted molar refractivity (Wildman–Crippen MR) is 81.7 cm³/mol. The van der Waals surface area contributed by atoms with Gasteiger partial charge in [-0.2, -0.15) is 5.10 Å². The highest BCUT2D eigenvalue weighted by Crippen LogP contribution is 2.26. The number of aromatic nitrogens is 2. The lowest BCUT2D eigenvalue weighted by Gasteiger charge is -2.05. The number of halogens is 1. The Morgan fingerprint density at radius 3 is 2.75 bits per heavy atom. The molecule has 1 heterocycles. The first-order valence-corrected chi connectivity index (χ1v) is 6.72. The third-order valence-electron chi connectivity index (χ3n) is 2.60. The number of nitrogens with zero attached hydrogens (tertiary/aromatic N) is 3. The lowest BCUT2D eigenvalue weighted by atomic mass is 10.2. The zero-order valence-electron chi connectivity index (χ0n) is 10.8. The molecule has 1 N–H and O–H groups in total. The van der Waals surface area contributed by atoms with Gasteiger partial charge >= 0.3 is 0 Å². The van der Waals surface area contributed by atoms with E-state index >= 15 is 0 Å². The summed E-state index contributed by atoms with van der Waals surface area (Å²) in [6, 6.07) is 4.63. The number of hydrogen-bond donors (Lipinski definition) is 1. The van der Waals surface area contributed by atoms with Crippen LogP contribution >= 0.6 is 22.6 Å². The Labute approximate surface area is 128 Å². The van der Waals surface area contributed by atoms with Gasteiger partial charge in [0.2, 0.25) is 0 Å². The minimum absolute atomic E-state index is 0.135. The highest BCUT2D eigenvalue weighted by atomic mass is 127. The molecule has 0 aliphatic rings. The van der Waals surface area contributed by atoms with Gasteiger partial charge in [-0.3, -0.25) is 19.6 Å². The number of nitro benzene ring substituents is 1. The Kier molecular flexibility index (Phi) is 4.02. The molecule has 0 saturated carbocycles. The van der Waals surface area contributed by atoms with Crippen LogP contribution in [0.25, 0.3) is 0 Å². The normalized spacial score (nSPS) is 10.3. The van der Waals surface area contributed by atoms with Crippen LogP contribution in [0.3, 0.4) is 0 Å². The number of benzene rings is 1. The summed E-state index contributed by atoms with van der Waals surface area (Å²) >= 11 is 1.99. The molecule has 1 amide bonds. The SMILES string of the molecule is Cc1ccc(NC(=O)c2nn(C)cc2I)c([N+](=O)[O-])c1. The number of anilines is 1. The quantitative estimate of drug-likeness (QED) is 0.499. The van der Waals surface area contributed by atoms with Gasteiger partial charge in [0.15, 0.2) is 5.69 Å². The molecule has 0 bridgehead atoms. The van der Waals surface area contributed by atoms with Gasteiger partial charge in [0.05, 0.1) is 8.49 Å². The molecule has 7 nitrogen and oxygen atoms in total. The smallest absolute Gasteiger partial charge is 0.293 e. The molecule has 2 rings (SSSR count). The third kappa shape index (κ3) is 2.95. The van der Waals surface area contributed by atoms with E-state index in [1.165, 1.54) is 16.8 Å². The molecule has 0 saturated heterocycles. The largest absolute Gasteiger partial charge is 0.315 e. The first-order valence-electron chi connectivity index (χ1n) is 5.64. The maximum atomic E-state index is 12.1. The highest BCUT2D eigenvalue weighted by Gasteiger charge is 2.19. The fourth-order valence-electron chi connectivity index (χ4n) is 1.69. The summed E-state index contributed by atoms with van der Waals surface area (Å²) < 4.78 is 2.19. The Morgan fingerprint density at radius 2 is 2.20 bits per heavy atom. The van der Waals surface area contributed by atoms with Crippen molar-refractivity contribution in [1.82, 2.24) is 9.78 Å². The van der Waals surface area contributed by atoms with Crippen molar-refractivity contribution >= 4 is 39.9 Å². The third-order valence-corrected chi connectivity index (χ3v) is 3.39. The van der Waals surface area contributed by atoms with Gasteiger partial charge in [-0.1, -0.05) is 6.07 Å². The van der Waals surface area contributed by atoms with E-state index in [1.54, 1.807) is 26.2 Å². The lowest BCUT2D eigenvalue weighted by molar-refractivity contribution is -0.384. The average molecular weight is 386 g/mol. The van der Waals surface area contributed by atoms with Crippen LogP contribution in [0.4, 0.5) is 11.4 Å². The second kappa shape index (κ2) is 5.57. The van der Waals surface area contributed by atoms with Crippen LogP contribution in [-0.2, 0) is 7.05 Å². The van der Waals surface area contributed by atoms with Crippen LogP contribution in [0.15, 0.2) is 24.4 Å². The molecule has 0 spiro atoms. The van der Waals surface area contributed by atoms with Gasteiger partial charge in [0.25, 0.3) is 11.6 Å². The van der Waals surface area contributed by atoms with Gasteiger partial charge in [-0.15, -0.1) is 0 Å². The van der Waals surface area contributed by atoms with E-state index in [2.05, 4.69) is 10.4 Å². The highest BCUT2D eigenvalue weighted by molar-refractivity contribution is 14.1. The number of aryl methyl sites for hydroxylation is 2. The molecule has 0 aliphatic carbocycles. The van der Waals surface area contributed by atoms with E-state index in [-0.39, 0.29) is 17.1 Å². The van der Waals surface area contributed by atoms with E-state index in [9.17, 15) is 14.9 Å². The number of nitrogens with one attached hydrogen (secondary N) is 1. The van der Waals surface area contributed by atoms with Gasteiger partial charge in [0.1, 0.15) is 5.69 Å². The topological polar surface area (TPSA) is 90.1 Å². The van der Waals surface area contributed by atoms with E-state index in [4.69, 9.17) is 0 Å². The molecule has 2 aromatic rings. The number of nitro groups is 1. The summed E-state index contributed by atoms with van der Waals surface area (Å²) in [5.74, 6) is -0.470. The molecule has 0 fully saturated rings. The van der Waals surface area contributed by atoms with E-state index in [0.29, 0.717) is 3.57 Å². The molecule has 8 heteroatoms. The number of carbonyl (C=O) groups excluding carboxylic acids is 1. The van der Waals surface area contributed by atoms with Crippen molar-refractivity contribution in [3.8, 4) is 0 Å². The molecule has 104 valence electrons. The van der Waals surface area contributed by atoms with Gasteiger partial charge in [0, 0.05) is 19.3 Å². The molecule has 0 atom stereocenters. The standard InChI is InChI=1S/C12H11IN4O3/c1-7-3-4-9(10(5-7)17(19)20)14-12(18)11-8(13)6-16(2)15-11/h3-6H,1-2H3,(H,14,18). The monoisotopic (exact) mass is 386 g/mol. The Hall–Kier alpha value is -1.97. The van der Waals surface area contributed by atoms with E-state index in [0.717, 1.165) is 5.56 Å². The molecular formula is C12H11IN4O3. The Balaban J connectivity index is 2.33. The maximum Gasteiger partial charge on any atom is 0.293 e. The summed E-state index contributed by atoms with van der Waals surface area (Å²) in [7, 11) is 1.70. The van der Waals surface area contributed by atoms with E-state index < -0.39 is 10.8 Å². The van der Waals surface area contributed by atoms with Crippen LogP contribution in [0.1, 0.15) is 16.1 Å². The Bertz CT molecular complexity index is 696. The molecular weight excluding hydrogens is 375 g/mol. The van der Waals surface area contributed by atoms with Crippen molar-refractivity contribution in [2.45, 2.75) is 6.92 Å². The minimum atomic E-state index is -0.522. The minimum Gasteiger partial charge on any atom is -0.315 e. The maximum absolute atomic E-state index is 12.1. The molecule has 0 unspecified atom stereocenters. The van der Waals surface area contributed by atoms with Crippen LogP contribution in [-0.4, -0.2) is 20.6 Å². The van der Waals surface area contributed by atoms with Crippen LogP contribution in [0.2, 0.25) is 0 Å². The number of amides is 1. The second-order valence-corrected chi connectivity index (χ2v) is 5.39. The van der Waals surface area contributed by atoms with Crippen LogP contribution < -0.4 is 5.32 Å². The summed E-state index contributed by atoms with van der Waals surface area (Å²) in [6.07, 6.45) is 1.69. The summed E-state index contributed by atoms with van der Waals surface area (Å²) in [5.41, 5.74) is 1.02. The van der Waals surface area contributed by atoms with Crippen molar-refractivity contribution in [3.05, 3.63) is 49.3 Å². The average Bonchev–Trinajstić information content (AvgIpc) is 2.70. The van der Waals surface area contributed by atoms with Crippen molar-refractivity contribution in [2.75, 3.05) is 5.32 Å². The summed E-state index contributed by atoms with van der Waals surface area (Å²) in [5, 5.41) is 17.6. The molecule has 1 aromatic heterocycles. The van der Waals surface area contributed by atoms with Gasteiger partial charge in [-0.05, 0) is 41.1 Å². The number of rotatable bonds is 3. The zero-order valence-corrected chi connectivity index (χ0v) is 12.9. The predicted octanol–water partition coefficient (Wildman–Crippen LogP) is 2.49. The van der Waals surface area contributed by atoms with Crippen LogP contribution in [0.5, 0.6) is 0 Å². The fraction of sp³-hybridized carbons (Fsp3) is 0.167. The fourth-order valence-corrected chi connectivity index (χ4v) is 2.45. The summed E-state index contributed by atoms with van der Waals surface area (Å²) in [4.78, 5) is 22.6.